The molecule has 0 fully saturated rings. The summed E-state index contributed by atoms with van der Waals surface area (Å²) in [5, 5.41) is 10.2. The Labute approximate surface area is 234 Å². The zero-order valence-corrected chi connectivity index (χ0v) is 21.7. The summed E-state index contributed by atoms with van der Waals surface area (Å²) in [6.45, 7) is -0.274. The molecule has 5 rings (SSSR count). The minimum absolute atomic E-state index is 0.0505. The van der Waals surface area contributed by atoms with Crippen LogP contribution in [0.25, 0.3) is 0 Å². The van der Waals surface area contributed by atoms with E-state index in [2.05, 4.69) is 6.07 Å². The van der Waals surface area contributed by atoms with Crippen LogP contribution in [0, 0.1) is 17.1 Å². The smallest absolute Gasteiger partial charge is 0.349 e. The molecule has 0 spiro atoms. The van der Waals surface area contributed by atoms with Crippen LogP contribution in [0.2, 0.25) is 5.02 Å². The Bertz CT molecular complexity index is 1630. The lowest BCUT2D eigenvalue weighted by atomic mass is 9.83. The fourth-order valence-electron chi connectivity index (χ4n) is 4.23. The van der Waals surface area contributed by atoms with E-state index < -0.39 is 11.9 Å². The van der Waals surface area contributed by atoms with Gasteiger partial charge in [0, 0.05) is 17.2 Å². The number of fused-ring (bicyclic) bond motifs is 1. The molecular weight excluding hydrogens is 535 g/mol. The molecule has 200 valence electrons. The van der Waals surface area contributed by atoms with Crippen molar-refractivity contribution in [3.05, 3.63) is 130 Å². The summed E-state index contributed by atoms with van der Waals surface area (Å²) in [6.07, 6.45) is 0. The Morgan fingerprint density at radius 3 is 2.45 bits per heavy atom. The number of para-hydroxylation sites is 1. The molecule has 0 amide bonds. The fourth-order valence-corrected chi connectivity index (χ4v) is 4.42. The fraction of sp³-hybridized carbons (Fsp3) is 0.0968. The quantitative estimate of drug-likeness (QED) is 0.202. The first-order valence-corrected chi connectivity index (χ1v) is 12.6. The van der Waals surface area contributed by atoms with Crippen LogP contribution in [0.15, 0.2) is 102 Å². The highest BCUT2D eigenvalue weighted by molar-refractivity contribution is 6.32. The Hall–Kier alpha value is -5.00. The summed E-state index contributed by atoms with van der Waals surface area (Å²) in [5.41, 5.74) is 8.21. The van der Waals surface area contributed by atoms with Crippen LogP contribution in [-0.4, -0.2) is 12.6 Å². The summed E-state index contributed by atoms with van der Waals surface area (Å²) < 4.78 is 36.2. The molecule has 7 nitrogen and oxygen atoms in total. The topological polar surface area (TPSA) is 104 Å². The molecular formula is C31H22ClFN2O5. The van der Waals surface area contributed by atoms with Crippen LogP contribution >= 0.6 is 11.6 Å². The predicted octanol–water partition coefficient (Wildman–Crippen LogP) is 6.26. The molecule has 2 N–H and O–H groups in total. The van der Waals surface area contributed by atoms with E-state index in [1.807, 2.05) is 0 Å². The van der Waals surface area contributed by atoms with Gasteiger partial charge < -0.3 is 24.7 Å². The predicted molar refractivity (Wildman–Crippen MR) is 145 cm³/mol. The van der Waals surface area contributed by atoms with E-state index in [1.54, 1.807) is 78.9 Å². The molecule has 4 aromatic carbocycles. The first-order valence-electron chi connectivity index (χ1n) is 12.2. The molecule has 0 saturated heterocycles. The maximum atomic E-state index is 13.9. The molecule has 1 atom stereocenters. The average Bonchev–Trinajstić information content (AvgIpc) is 2.96. The van der Waals surface area contributed by atoms with Crippen molar-refractivity contribution >= 4 is 17.6 Å². The van der Waals surface area contributed by atoms with Crippen molar-refractivity contribution in [3.8, 4) is 29.1 Å². The number of halogens is 2. The molecule has 1 unspecified atom stereocenters. The van der Waals surface area contributed by atoms with Gasteiger partial charge in [0.2, 0.25) is 5.88 Å². The Balaban J connectivity index is 1.31. The molecule has 9 heteroatoms. The minimum Gasteiger partial charge on any atom is -0.489 e. The van der Waals surface area contributed by atoms with E-state index in [0.29, 0.717) is 33.4 Å². The largest absolute Gasteiger partial charge is 0.489 e. The van der Waals surface area contributed by atoms with Crippen LogP contribution in [-0.2, 0) is 11.4 Å². The third-order valence-electron chi connectivity index (χ3n) is 6.17. The molecule has 0 saturated carbocycles. The summed E-state index contributed by atoms with van der Waals surface area (Å²) >= 11 is 6.05. The molecule has 1 heterocycles. The van der Waals surface area contributed by atoms with Gasteiger partial charge in [-0.15, -0.1) is 0 Å². The average molecular weight is 557 g/mol. The van der Waals surface area contributed by atoms with E-state index in [9.17, 15) is 14.4 Å². The van der Waals surface area contributed by atoms with Crippen molar-refractivity contribution in [2.45, 2.75) is 12.5 Å². The second kappa shape index (κ2) is 11.8. The SMILES string of the molecule is N#CC1=C(N)Oc2cc(OC(=O)COc3ccccc3Cl)ccc2C1c1ccc(OCc2ccccc2F)cc1. The number of esters is 1. The number of benzene rings is 4. The molecule has 1 aliphatic heterocycles. The van der Waals surface area contributed by atoms with Crippen LogP contribution in [0.4, 0.5) is 4.39 Å². The van der Waals surface area contributed by atoms with Crippen LogP contribution in [0.3, 0.4) is 0 Å². The lowest BCUT2D eigenvalue weighted by molar-refractivity contribution is -0.136. The van der Waals surface area contributed by atoms with E-state index in [0.717, 1.165) is 5.56 Å². The van der Waals surface area contributed by atoms with Crippen molar-refractivity contribution in [1.82, 2.24) is 0 Å². The highest BCUT2D eigenvalue weighted by Gasteiger charge is 2.31. The van der Waals surface area contributed by atoms with E-state index in [-0.39, 0.29) is 36.2 Å². The second-order valence-corrected chi connectivity index (χ2v) is 9.17. The van der Waals surface area contributed by atoms with Crippen LogP contribution in [0.5, 0.6) is 23.0 Å². The number of ether oxygens (including phenoxy) is 4. The number of carbonyl (C=O) groups is 1. The van der Waals surface area contributed by atoms with Crippen molar-refractivity contribution in [2.75, 3.05) is 6.61 Å². The number of hydrogen-bond donors (Lipinski definition) is 1. The molecule has 4 aromatic rings. The van der Waals surface area contributed by atoms with Crippen molar-refractivity contribution in [2.24, 2.45) is 5.73 Å². The Morgan fingerprint density at radius 2 is 1.70 bits per heavy atom. The van der Waals surface area contributed by atoms with Gasteiger partial charge in [-0.3, -0.25) is 0 Å². The van der Waals surface area contributed by atoms with Crippen molar-refractivity contribution in [3.63, 3.8) is 0 Å². The van der Waals surface area contributed by atoms with Gasteiger partial charge in [0.1, 0.15) is 47.1 Å². The third kappa shape index (κ3) is 5.85. The number of nitrogens with zero attached hydrogens (tertiary/aromatic N) is 1. The Kier molecular flexibility index (Phi) is 7.85. The number of carbonyl (C=O) groups excluding carboxylic acids is 1. The van der Waals surface area contributed by atoms with Gasteiger partial charge in [0.05, 0.1) is 10.9 Å². The second-order valence-electron chi connectivity index (χ2n) is 8.77. The Morgan fingerprint density at radius 1 is 0.975 bits per heavy atom. The number of allylic oxidation sites excluding steroid dienone is 1. The molecule has 40 heavy (non-hydrogen) atoms. The van der Waals surface area contributed by atoms with Crippen LogP contribution in [0.1, 0.15) is 22.6 Å². The monoisotopic (exact) mass is 556 g/mol. The van der Waals surface area contributed by atoms with Crippen molar-refractivity contribution < 1.29 is 28.1 Å². The van der Waals surface area contributed by atoms with Gasteiger partial charge in [0.25, 0.3) is 0 Å². The highest BCUT2D eigenvalue weighted by atomic mass is 35.5. The van der Waals surface area contributed by atoms with E-state index in [1.165, 1.54) is 12.1 Å². The van der Waals surface area contributed by atoms with Crippen molar-refractivity contribution in [1.29, 1.82) is 5.26 Å². The van der Waals surface area contributed by atoms with Gasteiger partial charge in [0.15, 0.2) is 6.61 Å². The number of nitriles is 1. The summed E-state index contributed by atoms with van der Waals surface area (Å²) in [4.78, 5) is 12.4. The molecule has 0 aliphatic carbocycles. The molecule has 0 radical (unpaired) electrons. The van der Waals surface area contributed by atoms with Gasteiger partial charge in [-0.05, 0) is 42.0 Å². The normalized spacial score (nSPS) is 14.0. The maximum absolute atomic E-state index is 13.9. The first-order chi connectivity index (χ1) is 19.4. The van der Waals surface area contributed by atoms with E-state index >= 15 is 0 Å². The lowest BCUT2D eigenvalue weighted by Gasteiger charge is -2.26. The lowest BCUT2D eigenvalue weighted by Crippen LogP contribution is -2.21. The zero-order chi connectivity index (χ0) is 28.1. The summed E-state index contributed by atoms with van der Waals surface area (Å²) in [7, 11) is 0. The first kappa shape index (κ1) is 26.6. The minimum atomic E-state index is -0.639. The standard InChI is InChI=1S/C31H22ClFN2O5/c32-25-6-2-4-8-27(25)38-18-29(36)39-22-13-14-23-28(15-22)40-31(35)24(16-34)30(23)19-9-11-21(12-10-19)37-17-20-5-1-3-7-26(20)33/h1-15,30H,17-18,35H2. The third-order valence-corrected chi connectivity index (χ3v) is 6.48. The molecule has 1 aliphatic rings. The molecule has 0 aromatic heterocycles. The number of rotatable bonds is 8. The van der Waals surface area contributed by atoms with Gasteiger partial charge >= 0.3 is 5.97 Å². The maximum Gasteiger partial charge on any atom is 0.349 e. The van der Waals surface area contributed by atoms with Gasteiger partial charge in [-0.2, -0.15) is 5.26 Å². The van der Waals surface area contributed by atoms with Gasteiger partial charge in [-0.1, -0.05) is 60.1 Å². The number of hydrogen-bond acceptors (Lipinski definition) is 7. The summed E-state index contributed by atoms with van der Waals surface area (Å²) in [5.74, 6) is -0.0868. The van der Waals surface area contributed by atoms with Gasteiger partial charge in [-0.25, -0.2) is 9.18 Å². The highest BCUT2D eigenvalue weighted by Crippen LogP contribution is 2.43. The van der Waals surface area contributed by atoms with Crippen LogP contribution < -0.4 is 24.7 Å². The zero-order valence-electron chi connectivity index (χ0n) is 21.0. The summed E-state index contributed by atoms with van der Waals surface area (Å²) in [6, 6.07) is 27.3. The van der Waals surface area contributed by atoms with E-state index in [4.69, 9.17) is 36.3 Å². The molecule has 0 bridgehead atoms. The number of nitrogens with two attached hydrogens (primary N) is 1.